The highest BCUT2D eigenvalue weighted by molar-refractivity contribution is 4.86. The zero-order valence-electron chi connectivity index (χ0n) is 11.3. The minimum atomic E-state index is 0.810. The molecule has 2 aliphatic heterocycles. The second-order valence-corrected chi connectivity index (χ2v) is 5.46. The van der Waals surface area contributed by atoms with Gasteiger partial charge in [0.25, 0.3) is 0 Å². The van der Waals surface area contributed by atoms with Crippen molar-refractivity contribution < 1.29 is 4.74 Å². The molecule has 2 atom stereocenters. The van der Waals surface area contributed by atoms with Crippen LogP contribution >= 0.6 is 0 Å². The van der Waals surface area contributed by atoms with Crippen LogP contribution in [0.3, 0.4) is 0 Å². The third-order valence-electron chi connectivity index (χ3n) is 4.18. The molecular formula is C14H28N2O. The first-order valence-corrected chi connectivity index (χ1v) is 7.43. The summed E-state index contributed by atoms with van der Waals surface area (Å²) in [5.74, 6) is 0.901. The fraction of sp³-hybridized carbons (Fsp3) is 1.00. The van der Waals surface area contributed by atoms with Crippen LogP contribution in [0.15, 0.2) is 0 Å². The Morgan fingerprint density at radius 1 is 1.29 bits per heavy atom. The SMILES string of the molecule is CCOCCCN1CCCC(C2CCCN2)C1. The van der Waals surface area contributed by atoms with Crippen molar-refractivity contribution in [3.63, 3.8) is 0 Å². The Balaban J connectivity index is 1.65. The maximum atomic E-state index is 5.41. The zero-order valence-corrected chi connectivity index (χ0v) is 11.3. The van der Waals surface area contributed by atoms with Gasteiger partial charge in [0.05, 0.1) is 0 Å². The van der Waals surface area contributed by atoms with Gasteiger partial charge in [-0.1, -0.05) is 0 Å². The van der Waals surface area contributed by atoms with E-state index in [4.69, 9.17) is 4.74 Å². The molecule has 3 nitrogen and oxygen atoms in total. The smallest absolute Gasteiger partial charge is 0.0478 e. The molecule has 0 bridgehead atoms. The van der Waals surface area contributed by atoms with Gasteiger partial charge in [0, 0.05) is 32.3 Å². The first-order chi connectivity index (χ1) is 8.40. The van der Waals surface area contributed by atoms with Gasteiger partial charge >= 0.3 is 0 Å². The monoisotopic (exact) mass is 240 g/mol. The highest BCUT2D eigenvalue weighted by Crippen LogP contribution is 2.24. The Hall–Kier alpha value is -0.120. The van der Waals surface area contributed by atoms with E-state index in [1.807, 2.05) is 0 Å². The number of likely N-dealkylation sites (tertiary alicyclic amines) is 1. The molecule has 2 aliphatic rings. The van der Waals surface area contributed by atoms with E-state index in [1.165, 1.54) is 58.3 Å². The minimum absolute atomic E-state index is 0.810. The number of rotatable bonds is 6. The second kappa shape index (κ2) is 7.34. The van der Waals surface area contributed by atoms with Gasteiger partial charge in [-0.2, -0.15) is 0 Å². The van der Waals surface area contributed by atoms with E-state index in [0.717, 1.165) is 25.2 Å². The molecule has 0 aliphatic carbocycles. The van der Waals surface area contributed by atoms with Crippen molar-refractivity contribution in [1.82, 2.24) is 10.2 Å². The summed E-state index contributed by atoms with van der Waals surface area (Å²) < 4.78 is 5.41. The number of piperidine rings is 1. The average molecular weight is 240 g/mol. The largest absolute Gasteiger partial charge is 0.382 e. The van der Waals surface area contributed by atoms with Crippen LogP contribution in [0.1, 0.15) is 39.0 Å². The molecule has 0 aromatic rings. The lowest BCUT2D eigenvalue weighted by Crippen LogP contribution is -2.43. The van der Waals surface area contributed by atoms with E-state index in [1.54, 1.807) is 0 Å². The number of nitrogens with zero attached hydrogens (tertiary/aromatic N) is 1. The zero-order chi connectivity index (χ0) is 11.9. The molecule has 2 fully saturated rings. The number of hydrogen-bond acceptors (Lipinski definition) is 3. The predicted molar refractivity (Wildman–Crippen MR) is 71.3 cm³/mol. The van der Waals surface area contributed by atoms with Crippen molar-refractivity contribution in [2.24, 2.45) is 5.92 Å². The molecule has 17 heavy (non-hydrogen) atoms. The quantitative estimate of drug-likeness (QED) is 0.717. The molecule has 2 heterocycles. The standard InChI is InChI=1S/C14H28N2O/c1-2-17-11-5-10-16-9-4-6-13(12-16)14-7-3-8-15-14/h13-15H,2-12H2,1H3. The third-order valence-corrected chi connectivity index (χ3v) is 4.18. The molecule has 2 rings (SSSR count). The van der Waals surface area contributed by atoms with E-state index in [9.17, 15) is 0 Å². The van der Waals surface area contributed by atoms with Gasteiger partial charge in [-0.3, -0.25) is 0 Å². The van der Waals surface area contributed by atoms with Gasteiger partial charge in [-0.15, -0.1) is 0 Å². The molecule has 100 valence electrons. The third kappa shape index (κ3) is 4.23. The van der Waals surface area contributed by atoms with E-state index in [0.29, 0.717) is 0 Å². The maximum Gasteiger partial charge on any atom is 0.0478 e. The van der Waals surface area contributed by atoms with Crippen LogP contribution in [0.4, 0.5) is 0 Å². The van der Waals surface area contributed by atoms with Gasteiger partial charge in [-0.05, 0) is 58.0 Å². The topological polar surface area (TPSA) is 24.5 Å². The Morgan fingerprint density at radius 3 is 3.00 bits per heavy atom. The van der Waals surface area contributed by atoms with Crippen LogP contribution in [0.25, 0.3) is 0 Å². The molecule has 0 amide bonds. The van der Waals surface area contributed by atoms with Crippen LogP contribution in [0.2, 0.25) is 0 Å². The lowest BCUT2D eigenvalue weighted by atomic mass is 9.90. The molecule has 0 aromatic heterocycles. The van der Waals surface area contributed by atoms with E-state index in [2.05, 4.69) is 17.1 Å². The highest BCUT2D eigenvalue weighted by Gasteiger charge is 2.28. The lowest BCUT2D eigenvalue weighted by Gasteiger charge is -2.35. The molecule has 2 unspecified atom stereocenters. The first kappa shape index (κ1) is 13.3. The Labute approximate surface area is 106 Å². The van der Waals surface area contributed by atoms with Gasteiger partial charge in [0.1, 0.15) is 0 Å². The molecule has 0 saturated carbocycles. The van der Waals surface area contributed by atoms with Crippen LogP contribution in [0.5, 0.6) is 0 Å². The van der Waals surface area contributed by atoms with E-state index in [-0.39, 0.29) is 0 Å². The Kier molecular flexibility index (Phi) is 5.75. The summed E-state index contributed by atoms with van der Waals surface area (Å²) in [6.45, 7) is 8.94. The summed E-state index contributed by atoms with van der Waals surface area (Å²) in [7, 11) is 0. The van der Waals surface area contributed by atoms with Crippen LogP contribution in [-0.2, 0) is 4.74 Å². The van der Waals surface area contributed by atoms with Crippen molar-refractivity contribution in [1.29, 1.82) is 0 Å². The van der Waals surface area contributed by atoms with E-state index >= 15 is 0 Å². The first-order valence-electron chi connectivity index (χ1n) is 7.43. The number of hydrogen-bond donors (Lipinski definition) is 1. The van der Waals surface area contributed by atoms with Crippen molar-refractivity contribution in [2.45, 2.75) is 45.1 Å². The predicted octanol–water partition coefficient (Wildman–Crippen LogP) is 1.88. The summed E-state index contributed by atoms with van der Waals surface area (Å²) in [5.41, 5.74) is 0. The van der Waals surface area contributed by atoms with Gasteiger partial charge in [0.2, 0.25) is 0 Å². The molecule has 3 heteroatoms. The summed E-state index contributed by atoms with van der Waals surface area (Å²) >= 11 is 0. The Morgan fingerprint density at radius 2 is 2.24 bits per heavy atom. The lowest BCUT2D eigenvalue weighted by molar-refractivity contribution is 0.111. The van der Waals surface area contributed by atoms with Crippen molar-refractivity contribution in [2.75, 3.05) is 39.4 Å². The van der Waals surface area contributed by atoms with Crippen LogP contribution in [-0.4, -0.2) is 50.3 Å². The Bertz CT molecular complexity index is 204. The van der Waals surface area contributed by atoms with Crippen molar-refractivity contribution in [3.05, 3.63) is 0 Å². The molecular weight excluding hydrogens is 212 g/mol. The fourth-order valence-electron chi connectivity index (χ4n) is 3.27. The number of ether oxygens (including phenoxy) is 1. The molecule has 2 saturated heterocycles. The summed E-state index contributed by atoms with van der Waals surface area (Å²) in [6, 6.07) is 0.810. The summed E-state index contributed by atoms with van der Waals surface area (Å²) in [6.07, 6.45) is 6.79. The minimum Gasteiger partial charge on any atom is -0.382 e. The number of nitrogens with one attached hydrogen (secondary N) is 1. The molecule has 0 radical (unpaired) electrons. The summed E-state index contributed by atoms with van der Waals surface area (Å²) in [5, 5.41) is 3.67. The van der Waals surface area contributed by atoms with E-state index < -0.39 is 0 Å². The fourth-order valence-corrected chi connectivity index (χ4v) is 3.27. The second-order valence-electron chi connectivity index (χ2n) is 5.46. The molecule has 1 N–H and O–H groups in total. The normalized spacial score (nSPS) is 30.9. The van der Waals surface area contributed by atoms with Gasteiger partial charge in [-0.25, -0.2) is 0 Å². The highest BCUT2D eigenvalue weighted by atomic mass is 16.5. The van der Waals surface area contributed by atoms with Crippen LogP contribution in [0, 0.1) is 5.92 Å². The van der Waals surface area contributed by atoms with Crippen molar-refractivity contribution >= 4 is 0 Å². The maximum absolute atomic E-state index is 5.41. The van der Waals surface area contributed by atoms with Gasteiger partial charge < -0.3 is 15.0 Å². The molecule has 0 spiro atoms. The summed E-state index contributed by atoms with van der Waals surface area (Å²) in [4.78, 5) is 2.65. The average Bonchev–Trinajstić information content (AvgIpc) is 2.89. The van der Waals surface area contributed by atoms with Crippen molar-refractivity contribution in [3.8, 4) is 0 Å². The van der Waals surface area contributed by atoms with Crippen LogP contribution < -0.4 is 5.32 Å². The van der Waals surface area contributed by atoms with Gasteiger partial charge in [0.15, 0.2) is 0 Å². The molecule has 0 aromatic carbocycles.